The maximum Gasteiger partial charge on any atom is 0.299 e. The Morgan fingerprint density at radius 3 is 2.07 bits per heavy atom. The van der Waals surface area contributed by atoms with Crippen molar-refractivity contribution in [2.75, 3.05) is 0 Å². The first kappa shape index (κ1) is 32.7. The Bertz CT molecular complexity index is 1150. The molecule has 4 fully saturated rings. The standard InChI is InChI=1S/C36H62O4Si2/c1-31(2)19-21-36(30(38)40-42(10,11)12)22-20-34(5)25(26(36)23-31)13-14-28-32(3)17-16-29(39-41(7,8)9)33(4,24-37)27(32)15-18-35(28,34)6/h13,24,26-29H,14-23H2,1-12H3/t26-,27+,28+,29+,32-,33+,34+,35+,36-/m0/s1. The highest BCUT2D eigenvalue weighted by Gasteiger charge is 2.70. The minimum absolute atomic E-state index is 0.0338. The number of rotatable bonds is 5. The molecule has 238 valence electrons. The predicted molar refractivity (Wildman–Crippen MR) is 177 cm³/mol. The number of allylic oxidation sites excluding steroid dienone is 2. The van der Waals surface area contributed by atoms with E-state index in [1.807, 2.05) is 0 Å². The number of aldehydes is 1. The minimum atomic E-state index is -2.00. The van der Waals surface area contributed by atoms with Crippen molar-refractivity contribution in [1.29, 1.82) is 0 Å². The highest BCUT2D eigenvalue weighted by atomic mass is 28.4. The Hall–Kier alpha value is -0.726. The minimum Gasteiger partial charge on any atom is -0.519 e. The van der Waals surface area contributed by atoms with Gasteiger partial charge in [-0.05, 0) is 143 Å². The Morgan fingerprint density at radius 2 is 1.48 bits per heavy atom. The first-order valence-electron chi connectivity index (χ1n) is 17.2. The maximum absolute atomic E-state index is 14.1. The van der Waals surface area contributed by atoms with E-state index in [1.165, 1.54) is 6.29 Å². The summed E-state index contributed by atoms with van der Waals surface area (Å²) < 4.78 is 13.1. The van der Waals surface area contributed by atoms with E-state index in [2.05, 4.69) is 86.9 Å². The van der Waals surface area contributed by atoms with E-state index in [1.54, 1.807) is 5.57 Å². The van der Waals surface area contributed by atoms with Crippen LogP contribution >= 0.6 is 0 Å². The van der Waals surface area contributed by atoms with Crippen molar-refractivity contribution >= 4 is 28.9 Å². The molecule has 0 unspecified atom stereocenters. The third-order valence-corrected chi connectivity index (χ3v) is 15.6. The topological polar surface area (TPSA) is 52.6 Å². The summed E-state index contributed by atoms with van der Waals surface area (Å²) in [5, 5.41) is 0. The third kappa shape index (κ3) is 4.82. The van der Waals surface area contributed by atoms with Crippen LogP contribution in [0.2, 0.25) is 39.3 Å². The van der Waals surface area contributed by atoms with Crippen LogP contribution in [0.5, 0.6) is 0 Å². The van der Waals surface area contributed by atoms with Crippen molar-refractivity contribution in [3.63, 3.8) is 0 Å². The lowest BCUT2D eigenvalue weighted by Crippen LogP contribution is -2.66. The van der Waals surface area contributed by atoms with E-state index in [0.717, 1.165) is 64.2 Å². The van der Waals surface area contributed by atoms with Crippen LogP contribution in [0.15, 0.2) is 11.6 Å². The van der Waals surface area contributed by atoms with Crippen molar-refractivity contribution < 1.29 is 18.4 Å². The molecule has 5 aliphatic rings. The van der Waals surface area contributed by atoms with E-state index >= 15 is 0 Å². The molecule has 0 amide bonds. The number of hydrogen-bond donors (Lipinski definition) is 0. The fraction of sp³-hybridized carbons (Fsp3) is 0.889. The number of hydrogen-bond acceptors (Lipinski definition) is 4. The zero-order valence-electron chi connectivity index (χ0n) is 29.2. The normalized spacial score (nSPS) is 46.7. The smallest absolute Gasteiger partial charge is 0.299 e. The Labute approximate surface area is 259 Å². The van der Waals surface area contributed by atoms with Crippen LogP contribution in [0, 0.1) is 50.2 Å². The summed E-state index contributed by atoms with van der Waals surface area (Å²) >= 11 is 0. The molecule has 0 bridgehead atoms. The van der Waals surface area contributed by atoms with Gasteiger partial charge in [0.1, 0.15) is 6.29 Å². The molecular weight excluding hydrogens is 553 g/mol. The van der Waals surface area contributed by atoms with Crippen molar-refractivity contribution in [1.82, 2.24) is 0 Å². The maximum atomic E-state index is 14.1. The van der Waals surface area contributed by atoms with Gasteiger partial charge in [-0.15, -0.1) is 0 Å². The summed E-state index contributed by atoms with van der Waals surface area (Å²) in [6, 6.07) is 0. The third-order valence-electron chi connectivity index (χ3n) is 13.8. The molecule has 0 N–H and O–H groups in total. The van der Waals surface area contributed by atoms with Gasteiger partial charge in [-0.3, -0.25) is 4.79 Å². The van der Waals surface area contributed by atoms with E-state index in [-0.39, 0.29) is 45.1 Å². The second kappa shape index (κ2) is 9.88. The molecule has 9 atom stereocenters. The average Bonchev–Trinajstić information content (AvgIpc) is 2.84. The zero-order chi connectivity index (χ0) is 31.4. The van der Waals surface area contributed by atoms with Crippen LogP contribution in [0.1, 0.15) is 106 Å². The molecule has 0 aromatic rings. The highest BCUT2D eigenvalue weighted by Crippen LogP contribution is 2.76. The summed E-state index contributed by atoms with van der Waals surface area (Å²) in [5.74, 6) is 1.25. The zero-order valence-corrected chi connectivity index (χ0v) is 31.2. The molecule has 0 aliphatic heterocycles. The fourth-order valence-corrected chi connectivity index (χ4v) is 13.5. The molecule has 4 nitrogen and oxygen atoms in total. The van der Waals surface area contributed by atoms with E-state index in [4.69, 9.17) is 8.85 Å². The van der Waals surface area contributed by atoms with Gasteiger partial charge in [0.25, 0.3) is 5.97 Å². The molecule has 6 heteroatoms. The molecule has 4 saturated carbocycles. The van der Waals surface area contributed by atoms with Crippen LogP contribution in [0.25, 0.3) is 0 Å². The Kier molecular flexibility index (Phi) is 7.69. The monoisotopic (exact) mass is 614 g/mol. The van der Waals surface area contributed by atoms with Gasteiger partial charge in [-0.1, -0.05) is 53.2 Å². The van der Waals surface area contributed by atoms with Crippen LogP contribution in [-0.4, -0.2) is 35.0 Å². The highest BCUT2D eigenvalue weighted by molar-refractivity contribution is 6.71. The van der Waals surface area contributed by atoms with Gasteiger partial charge < -0.3 is 13.6 Å². The lowest BCUT2D eigenvalue weighted by atomic mass is 9.33. The van der Waals surface area contributed by atoms with Crippen LogP contribution < -0.4 is 0 Å². The van der Waals surface area contributed by atoms with Gasteiger partial charge in [-0.2, -0.15) is 0 Å². The molecule has 5 rings (SSSR count). The average molecular weight is 615 g/mol. The number of fused-ring (bicyclic) bond motifs is 7. The van der Waals surface area contributed by atoms with Crippen molar-refractivity contribution in [2.24, 2.45) is 50.2 Å². The van der Waals surface area contributed by atoms with E-state index in [9.17, 15) is 9.59 Å². The van der Waals surface area contributed by atoms with Gasteiger partial charge >= 0.3 is 0 Å². The van der Waals surface area contributed by atoms with Gasteiger partial charge in [0.2, 0.25) is 8.32 Å². The summed E-state index contributed by atoms with van der Waals surface area (Å²) in [4.78, 5) is 27.1. The predicted octanol–water partition coefficient (Wildman–Crippen LogP) is 9.57. The molecular formula is C36H62O4Si2. The Balaban J connectivity index is 1.55. The fourth-order valence-electron chi connectivity index (χ4n) is 11.5. The SMILES string of the molecule is CC1(C)CC[C@]2(C(=O)O[Si](C)(C)C)CC[C@]3(C)C(=CC[C@@H]4[C@@]5(C)CC[C@@H](O[Si](C)(C)C)[C@](C)(C=O)[C@@H]5CC[C@]43C)[C@@H]2C1. The number of carbonyl (C=O) groups is 2. The summed E-state index contributed by atoms with van der Waals surface area (Å²) in [6.45, 7) is 28.0. The number of carbonyl (C=O) groups excluding carboxylic acids is 2. The molecule has 0 radical (unpaired) electrons. The van der Waals surface area contributed by atoms with Gasteiger partial charge in [0.05, 0.1) is 16.9 Å². The first-order valence-corrected chi connectivity index (χ1v) is 24.0. The summed E-state index contributed by atoms with van der Waals surface area (Å²) in [6.07, 6.45) is 14.5. The largest absolute Gasteiger partial charge is 0.519 e. The molecule has 0 spiro atoms. The molecule has 0 aromatic carbocycles. The first-order chi connectivity index (χ1) is 19.1. The summed E-state index contributed by atoms with van der Waals surface area (Å²) in [7, 11) is -3.78. The Morgan fingerprint density at radius 1 is 0.833 bits per heavy atom. The molecule has 0 aromatic heterocycles. The molecule has 0 heterocycles. The second-order valence-corrected chi connectivity index (χ2v) is 28.0. The van der Waals surface area contributed by atoms with Crippen molar-refractivity contribution in [3.05, 3.63) is 11.6 Å². The quantitative estimate of drug-likeness (QED) is 0.176. The second-order valence-electron chi connectivity index (χ2n) is 19.1. The van der Waals surface area contributed by atoms with Crippen molar-refractivity contribution in [3.8, 4) is 0 Å². The molecule has 0 saturated heterocycles. The molecule has 5 aliphatic carbocycles. The van der Waals surface area contributed by atoms with Gasteiger partial charge in [0, 0.05) is 0 Å². The molecule has 42 heavy (non-hydrogen) atoms. The van der Waals surface area contributed by atoms with Crippen LogP contribution in [0.3, 0.4) is 0 Å². The van der Waals surface area contributed by atoms with E-state index < -0.39 is 22.0 Å². The van der Waals surface area contributed by atoms with Crippen molar-refractivity contribution in [2.45, 2.75) is 151 Å². The summed E-state index contributed by atoms with van der Waals surface area (Å²) in [5.41, 5.74) is 1.33. The van der Waals surface area contributed by atoms with Gasteiger partial charge in [-0.25, -0.2) is 0 Å². The lowest BCUT2D eigenvalue weighted by Gasteiger charge is -2.71. The van der Waals surface area contributed by atoms with E-state index in [0.29, 0.717) is 11.8 Å². The van der Waals surface area contributed by atoms with Gasteiger partial charge in [0.15, 0.2) is 8.32 Å². The lowest BCUT2D eigenvalue weighted by molar-refractivity contribution is -0.202. The van der Waals surface area contributed by atoms with Crippen LogP contribution in [-0.2, 0) is 18.4 Å². The van der Waals surface area contributed by atoms with Crippen LogP contribution in [0.4, 0.5) is 0 Å².